The Labute approximate surface area is 416 Å². The smallest absolute Gasteiger partial charge is 0.240 e. The third-order valence-electron chi connectivity index (χ3n) is 13.2. The van der Waals surface area contributed by atoms with Gasteiger partial charge in [-0.1, -0.05) is 24.3 Å². The van der Waals surface area contributed by atoms with E-state index in [9.17, 15) is 4.79 Å². The summed E-state index contributed by atoms with van der Waals surface area (Å²) in [5.41, 5.74) is 9.30. The molecule has 6 saturated heterocycles. The molecule has 0 spiro atoms. The van der Waals surface area contributed by atoms with Crippen LogP contribution in [0.4, 0.5) is 11.4 Å². The topological polar surface area (TPSA) is 176 Å². The molecule has 2 N–H and O–H groups in total. The molecule has 2 aromatic rings. The van der Waals surface area contributed by atoms with Gasteiger partial charge in [-0.15, -0.1) is 0 Å². The normalized spacial score (nSPS) is 26.1. The summed E-state index contributed by atoms with van der Waals surface area (Å²) in [6.07, 6.45) is 1.54. The van der Waals surface area contributed by atoms with Gasteiger partial charge >= 0.3 is 0 Å². The van der Waals surface area contributed by atoms with Gasteiger partial charge < -0.3 is 62.6 Å². The van der Waals surface area contributed by atoms with Crippen LogP contribution in [-0.4, -0.2) is 178 Å². The van der Waals surface area contributed by atoms with Gasteiger partial charge in [-0.05, 0) is 126 Å². The minimum Gasteiger partial charge on any atom is -0.399 e. The van der Waals surface area contributed by atoms with Crippen LogP contribution in [0.1, 0.15) is 94.2 Å². The van der Waals surface area contributed by atoms with Crippen LogP contribution in [0.3, 0.4) is 0 Å². The summed E-state index contributed by atoms with van der Waals surface area (Å²) in [7, 11) is 2.03. The van der Waals surface area contributed by atoms with E-state index in [4.69, 9.17) is 62.6 Å². The van der Waals surface area contributed by atoms with Crippen molar-refractivity contribution in [1.82, 2.24) is 14.7 Å². The van der Waals surface area contributed by atoms with Gasteiger partial charge in [-0.2, -0.15) is 4.99 Å². The van der Waals surface area contributed by atoms with Crippen molar-refractivity contribution in [2.45, 2.75) is 167 Å². The van der Waals surface area contributed by atoms with Crippen LogP contribution < -0.4 is 5.73 Å². The number of carbonyl (C=O) groups excluding carboxylic acids is 1. The highest BCUT2D eigenvalue weighted by molar-refractivity contribution is 5.49. The Morgan fingerprint density at radius 3 is 1.10 bits per heavy atom. The Balaban J connectivity index is 0.000000176. The lowest BCUT2D eigenvalue weighted by Gasteiger charge is -2.46. The van der Waals surface area contributed by atoms with E-state index in [1.165, 1.54) is 5.56 Å². The minimum absolute atomic E-state index is 0.0172. The number of rotatable bonds is 11. The number of aliphatic imine (C=N–C) groups is 1. The number of hydrogen-bond donors (Lipinski definition) is 1. The second-order valence-electron chi connectivity index (χ2n) is 21.8. The van der Waals surface area contributed by atoms with Crippen molar-refractivity contribution in [3.05, 3.63) is 59.7 Å². The number of benzene rings is 2. The molecule has 0 aliphatic carbocycles. The zero-order chi connectivity index (χ0) is 51.0. The minimum atomic E-state index is -0.557. The molecule has 0 saturated carbocycles. The van der Waals surface area contributed by atoms with E-state index in [0.717, 1.165) is 17.8 Å². The average molecular weight is 986 g/mol. The first-order valence-electron chi connectivity index (χ1n) is 24.7. The Kier molecular flexibility index (Phi) is 19.2. The first-order valence-corrected chi connectivity index (χ1v) is 24.7. The molecule has 0 amide bonds. The van der Waals surface area contributed by atoms with Gasteiger partial charge in [0.25, 0.3) is 0 Å². The predicted molar refractivity (Wildman–Crippen MR) is 263 cm³/mol. The summed E-state index contributed by atoms with van der Waals surface area (Å²) in [6.45, 7) is 32.3. The zero-order valence-electron chi connectivity index (χ0n) is 44.2. The Bertz CT molecular complexity index is 1830. The van der Waals surface area contributed by atoms with Crippen LogP contribution in [0.15, 0.2) is 53.5 Å². The molecule has 6 fully saturated rings. The quantitative estimate of drug-likeness (QED) is 0.150. The highest BCUT2D eigenvalue weighted by atomic mass is 16.7. The van der Waals surface area contributed by atoms with E-state index >= 15 is 0 Å². The number of anilines is 1. The van der Waals surface area contributed by atoms with Gasteiger partial charge in [0.05, 0.1) is 121 Å². The molecule has 6 aliphatic rings. The molecule has 1 atom stereocenters. The molecule has 18 heteroatoms. The predicted octanol–water partition coefficient (Wildman–Crippen LogP) is 6.35. The molecule has 394 valence electrons. The Morgan fingerprint density at radius 1 is 0.486 bits per heavy atom. The fourth-order valence-electron chi connectivity index (χ4n) is 8.46. The fraction of sp³-hybridized carbons (Fsp3) is 0.750. The maximum atomic E-state index is 10.4. The summed E-state index contributed by atoms with van der Waals surface area (Å²) in [5.74, 6) is -2.63. The third kappa shape index (κ3) is 17.3. The first-order chi connectivity index (χ1) is 32.8. The molecule has 6 heterocycles. The number of nitrogens with two attached hydrogens (primary N) is 1. The van der Waals surface area contributed by atoms with Gasteiger partial charge in [0.15, 0.2) is 28.9 Å². The molecule has 18 nitrogen and oxygen atoms in total. The van der Waals surface area contributed by atoms with Crippen molar-refractivity contribution in [3.63, 3.8) is 0 Å². The van der Waals surface area contributed by atoms with Crippen LogP contribution in [0.2, 0.25) is 0 Å². The number of nitrogen functional groups attached to an aromatic ring is 1. The van der Waals surface area contributed by atoms with Gasteiger partial charge in [-0.3, -0.25) is 14.7 Å². The number of nitrogens with zero attached hydrogens (tertiary/aromatic N) is 4. The number of ether oxygens (including phenoxy) is 12. The van der Waals surface area contributed by atoms with E-state index in [2.05, 4.69) is 31.8 Å². The first kappa shape index (κ1) is 56.3. The third-order valence-corrected chi connectivity index (χ3v) is 13.2. The van der Waals surface area contributed by atoms with Crippen LogP contribution in [0.5, 0.6) is 0 Å². The van der Waals surface area contributed by atoms with Crippen molar-refractivity contribution in [2.24, 2.45) is 4.99 Å². The molecule has 0 aromatic heterocycles. The van der Waals surface area contributed by atoms with Gasteiger partial charge in [-0.25, -0.2) is 4.79 Å². The maximum absolute atomic E-state index is 10.4. The van der Waals surface area contributed by atoms with Crippen molar-refractivity contribution in [1.29, 1.82) is 0 Å². The summed E-state index contributed by atoms with van der Waals surface area (Å²) >= 11 is 0. The summed E-state index contributed by atoms with van der Waals surface area (Å²) in [4.78, 5) is 20.9. The second-order valence-corrected chi connectivity index (χ2v) is 21.8. The van der Waals surface area contributed by atoms with Crippen LogP contribution in [0, 0.1) is 0 Å². The van der Waals surface area contributed by atoms with Gasteiger partial charge in [0, 0.05) is 18.8 Å². The van der Waals surface area contributed by atoms with Crippen molar-refractivity contribution in [2.75, 3.05) is 92.1 Å². The zero-order valence-corrected chi connectivity index (χ0v) is 44.2. The molecule has 0 radical (unpaired) electrons. The Morgan fingerprint density at radius 2 is 0.800 bits per heavy atom. The molecular weight excluding hydrogens is 903 g/mol. The molecule has 70 heavy (non-hydrogen) atoms. The van der Waals surface area contributed by atoms with E-state index < -0.39 is 28.9 Å². The number of isocyanates is 1. The van der Waals surface area contributed by atoms with E-state index in [0.29, 0.717) is 91.5 Å². The SMILES string of the molecule is CC1(C)OCC(N(Cc2ccc(N)cc2)C2COC(C)(C)OC2)CO1.CC1(C)OCC(N(Cc2ccc(N=C=O)cc2)C2COC(C)(C)OC2)CO1.CN(C1COC(C)(C)OC1)C1COC(C)(C)CO1. The summed E-state index contributed by atoms with van der Waals surface area (Å²) in [5, 5.41) is 0. The number of likely N-dealkylation sites (N-methyl/N-ethyl adjacent to an activating group) is 1. The molecule has 2 aromatic carbocycles. The van der Waals surface area contributed by atoms with Crippen LogP contribution >= 0.6 is 0 Å². The molecule has 8 rings (SSSR count). The van der Waals surface area contributed by atoms with Crippen molar-refractivity contribution >= 4 is 17.5 Å². The van der Waals surface area contributed by atoms with Crippen LogP contribution in [0.25, 0.3) is 0 Å². The molecular formula is C52H83N5O13. The van der Waals surface area contributed by atoms with Crippen molar-refractivity contribution < 1.29 is 61.6 Å². The van der Waals surface area contributed by atoms with E-state index in [1.54, 1.807) is 6.08 Å². The van der Waals surface area contributed by atoms with Crippen molar-refractivity contribution in [3.8, 4) is 0 Å². The van der Waals surface area contributed by atoms with Gasteiger partial charge in [0.2, 0.25) is 6.08 Å². The average Bonchev–Trinajstić information content (AvgIpc) is 3.30. The van der Waals surface area contributed by atoms with E-state index in [-0.39, 0.29) is 42.0 Å². The molecule has 1 unspecified atom stereocenters. The fourth-order valence-corrected chi connectivity index (χ4v) is 8.46. The lowest BCUT2D eigenvalue weighted by Crippen LogP contribution is -2.58. The van der Waals surface area contributed by atoms with Crippen LogP contribution in [-0.2, 0) is 74.7 Å². The molecule has 0 bridgehead atoms. The lowest BCUT2D eigenvalue weighted by atomic mass is 10.1. The lowest BCUT2D eigenvalue weighted by molar-refractivity contribution is -0.289. The van der Waals surface area contributed by atoms with Gasteiger partial charge in [0.1, 0.15) is 6.23 Å². The monoisotopic (exact) mass is 986 g/mol. The largest absolute Gasteiger partial charge is 0.399 e. The Hall–Kier alpha value is -2.98. The second kappa shape index (κ2) is 23.9. The summed E-state index contributed by atoms with van der Waals surface area (Å²) in [6, 6.07) is 16.3. The standard InChI is InChI=1S/C20H28N2O5.C19H30N2O4.C13H25NO4/c1-19(2)24-10-17(11-25-19)22(18-12-26-20(3,4)27-13-18)9-15-5-7-16(8-6-15)21-14-23;1-18(2)22-10-16(11-23-18)21(9-14-5-7-15(20)8-6-14)17-12-24-19(3,4)25-13-17;1-12(2)9-15-11(8-16-12)14(5)10-6-17-13(3,4)18-7-10/h5-8,17-18H,9-13H2,1-4H3;5-8,16-17H,9-13,20H2,1-4H3;10-11H,6-9H2,1-5H3. The maximum Gasteiger partial charge on any atom is 0.240 e. The highest BCUT2D eigenvalue weighted by Crippen LogP contribution is 2.30. The molecule has 6 aliphatic heterocycles. The summed E-state index contributed by atoms with van der Waals surface area (Å²) < 4.78 is 70.0. The number of hydrogen-bond acceptors (Lipinski definition) is 18. The van der Waals surface area contributed by atoms with E-state index in [1.807, 2.05) is 127 Å². The highest BCUT2D eigenvalue weighted by Gasteiger charge is 2.41.